The molecule has 0 atom stereocenters. The SMILES string of the molecule is O=C(Cn1c2c(c(-c3ccccc3)cc1=O)CCCC2)NCc1ccc2c(c1)OCO2. The van der Waals surface area contributed by atoms with Crippen LogP contribution in [0, 0.1) is 0 Å². The number of pyridine rings is 1. The number of hydrogen-bond donors (Lipinski definition) is 1. The number of aromatic nitrogens is 1. The van der Waals surface area contributed by atoms with Crippen molar-refractivity contribution in [2.75, 3.05) is 6.79 Å². The number of carbonyl (C=O) groups excluding carboxylic acids is 1. The van der Waals surface area contributed by atoms with E-state index in [0.29, 0.717) is 18.0 Å². The van der Waals surface area contributed by atoms with Crippen molar-refractivity contribution >= 4 is 5.91 Å². The molecule has 1 amide bonds. The van der Waals surface area contributed by atoms with Crippen LogP contribution in [0.4, 0.5) is 0 Å². The summed E-state index contributed by atoms with van der Waals surface area (Å²) in [6.45, 7) is 0.619. The smallest absolute Gasteiger partial charge is 0.251 e. The molecule has 3 aromatic rings. The molecule has 0 saturated carbocycles. The zero-order valence-corrected chi connectivity index (χ0v) is 17.2. The molecule has 0 unspecified atom stereocenters. The fraction of sp³-hybridized carbons (Fsp3) is 0.280. The van der Waals surface area contributed by atoms with Gasteiger partial charge in [-0.1, -0.05) is 36.4 Å². The minimum atomic E-state index is -0.181. The third-order valence-corrected chi connectivity index (χ3v) is 5.94. The van der Waals surface area contributed by atoms with Gasteiger partial charge in [0.2, 0.25) is 12.7 Å². The Labute approximate surface area is 180 Å². The van der Waals surface area contributed by atoms with Crippen molar-refractivity contribution in [3.63, 3.8) is 0 Å². The number of nitrogens with one attached hydrogen (secondary N) is 1. The van der Waals surface area contributed by atoms with Gasteiger partial charge >= 0.3 is 0 Å². The number of carbonyl (C=O) groups is 1. The highest BCUT2D eigenvalue weighted by Gasteiger charge is 2.21. The Hall–Kier alpha value is -3.54. The summed E-state index contributed by atoms with van der Waals surface area (Å²) in [5, 5.41) is 2.92. The van der Waals surface area contributed by atoms with E-state index in [-0.39, 0.29) is 24.8 Å². The highest BCUT2D eigenvalue weighted by atomic mass is 16.7. The predicted molar refractivity (Wildman–Crippen MR) is 117 cm³/mol. The van der Waals surface area contributed by atoms with Crippen LogP contribution in [-0.4, -0.2) is 17.3 Å². The summed E-state index contributed by atoms with van der Waals surface area (Å²) in [6.07, 6.45) is 3.88. The normalized spacial score (nSPS) is 14.2. The number of amides is 1. The summed E-state index contributed by atoms with van der Waals surface area (Å²) in [6, 6.07) is 17.3. The first-order valence-electron chi connectivity index (χ1n) is 10.7. The van der Waals surface area contributed by atoms with E-state index < -0.39 is 0 Å². The van der Waals surface area contributed by atoms with Crippen LogP contribution in [0.3, 0.4) is 0 Å². The van der Waals surface area contributed by atoms with Gasteiger partial charge in [0.25, 0.3) is 5.56 Å². The Morgan fingerprint density at radius 1 is 0.968 bits per heavy atom. The maximum absolute atomic E-state index is 13.0. The number of nitrogens with zero attached hydrogens (tertiary/aromatic N) is 1. The number of ether oxygens (including phenoxy) is 2. The second kappa shape index (κ2) is 8.30. The van der Waals surface area contributed by atoms with Crippen LogP contribution >= 0.6 is 0 Å². The second-order valence-electron chi connectivity index (χ2n) is 7.95. The van der Waals surface area contributed by atoms with Crippen molar-refractivity contribution in [1.82, 2.24) is 9.88 Å². The molecule has 0 saturated heterocycles. The van der Waals surface area contributed by atoms with E-state index in [4.69, 9.17) is 9.47 Å². The highest BCUT2D eigenvalue weighted by Crippen LogP contribution is 2.32. The molecule has 1 aromatic heterocycles. The third kappa shape index (κ3) is 3.93. The topological polar surface area (TPSA) is 69.6 Å². The van der Waals surface area contributed by atoms with Crippen LogP contribution < -0.4 is 20.3 Å². The summed E-state index contributed by atoms with van der Waals surface area (Å²) >= 11 is 0. The van der Waals surface area contributed by atoms with Crippen molar-refractivity contribution in [2.45, 2.75) is 38.8 Å². The number of fused-ring (bicyclic) bond motifs is 2. The quantitative estimate of drug-likeness (QED) is 0.692. The second-order valence-corrected chi connectivity index (χ2v) is 7.95. The van der Waals surface area contributed by atoms with Gasteiger partial charge in [-0.2, -0.15) is 0 Å². The fourth-order valence-electron chi connectivity index (χ4n) is 4.40. The molecule has 5 rings (SSSR count). The molecular weight excluding hydrogens is 392 g/mol. The number of hydrogen-bond acceptors (Lipinski definition) is 4. The fourth-order valence-corrected chi connectivity index (χ4v) is 4.40. The molecule has 0 fully saturated rings. The molecule has 0 spiro atoms. The van der Waals surface area contributed by atoms with Gasteiger partial charge in [0.15, 0.2) is 11.5 Å². The monoisotopic (exact) mass is 416 g/mol. The lowest BCUT2D eigenvalue weighted by molar-refractivity contribution is -0.121. The summed E-state index contributed by atoms with van der Waals surface area (Å²) < 4.78 is 12.4. The Morgan fingerprint density at radius 3 is 2.65 bits per heavy atom. The molecule has 2 aromatic carbocycles. The molecule has 1 aliphatic carbocycles. The molecule has 158 valence electrons. The van der Waals surface area contributed by atoms with Crippen LogP contribution in [0.2, 0.25) is 0 Å². The van der Waals surface area contributed by atoms with Crippen molar-refractivity contribution in [3.05, 3.63) is 81.8 Å². The summed E-state index contributed by atoms with van der Waals surface area (Å²) in [5.74, 6) is 1.22. The maximum Gasteiger partial charge on any atom is 0.251 e. The Bertz CT molecular complexity index is 1180. The van der Waals surface area contributed by atoms with Gasteiger partial charge in [0.1, 0.15) is 6.54 Å². The molecule has 0 bridgehead atoms. The first-order valence-corrected chi connectivity index (χ1v) is 10.7. The molecule has 0 radical (unpaired) electrons. The van der Waals surface area contributed by atoms with Crippen LogP contribution in [0.15, 0.2) is 59.4 Å². The Morgan fingerprint density at radius 2 is 1.77 bits per heavy atom. The highest BCUT2D eigenvalue weighted by molar-refractivity contribution is 5.76. The van der Waals surface area contributed by atoms with E-state index in [1.165, 1.54) is 5.56 Å². The molecule has 6 heteroatoms. The van der Waals surface area contributed by atoms with Crippen LogP contribution in [-0.2, 0) is 30.7 Å². The van der Waals surface area contributed by atoms with Crippen molar-refractivity contribution in [2.24, 2.45) is 0 Å². The predicted octanol–water partition coefficient (Wildman–Crippen LogP) is 3.44. The van der Waals surface area contributed by atoms with E-state index in [9.17, 15) is 9.59 Å². The van der Waals surface area contributed by atoms with Crippen LogP contribution in [0.1, 0.15) is 29.7 Å². The molecule has 1 aliphatic heterocycles. The zero-order valence-electron chi connectivity index (χ0n) is 17.2. The van der Waals surface area contributed by atoms with E-state index in [1.807, 2.05) is 48.5 Å². The molecule has 1 N–H and O–H groups in total. The van der Waals surface area contributed by atoms with Gasteiger partial charge < -0.3 is 19.4 Å². The third-order valence-electron chi connectivity index (χ3n) is 5.94. The van der Waals surface area contributed by atoms with Gasteiger partial charge in [-0.25, -0.2) is 0 Å². The lowest BCUT2D eigenvalue weighted by Crippen LogP contribution is -2.35. The molecule has 2 aliphatic rings. The lowest BCUT2D eigenvalue weighted by Gasteiger charge is -2.24. The largest absolute Gasteiger partial charge is 0.454 e. The first-order chi connectivity index (χ1) is 15.2. The van der Waals surface area contributed by atoms with Crippen LogP contribution in [0.5, 0.6) is 11.5 Å². The summed E-state index contributed by atoms with van der Waals surface area (Å²) in [7, 11) is 0. The average Bonchev–Trinajstić information content (AvgIpc) is 3.28. The van der Waals surface area contributed by atoms with E-state index in [2.05, 4.69) is 5.32 Å². The van der Waals surface area contributed by atoms with Crippen LogP contribution in [0.25, 0.3) is 11.1 Å². The molecule has 2 heterocycles. The first kappa shape index (κ1) is 19.4. The lowest BCUT2D eigenvalue weighted by atomic mass is 9.89. The Balaban J connectivity index is 1.36. The standard InChI is InChI=1S/C25H24N2O4/c28-24(26-14-17-10-11-22-23(12-17)31-16-30-22)15-27-21-9-5-4-8-19(21)20(13-25(27)29)18-6-2-1-3-7-18/h1-3,6-7,10-13H,4-5,8-9,14-16H2,(H,26,28). The minimum Gasteiger partial charge on any atom is -0.454 e. The number of rotatable bonds is 5. The summed E-state index contributed by atoms with van der Waals surface area (Å²) in [5.41, 5.74) is 5.04. The van der Waals surface area contributed by atoms with E-state index in [0.717, 1.165) is 48.1 Å². The van der Waals surface area contributed by atoms with Crippen molar-refractivity contribution in [1.29, 1.82) is 0 Å². The van der Waals surface area contributed by atoms with Crippen molar-refractivity contribution in [3.8, 4) is 22.6 Å². The van der Waals surface area contributed by atoms with Gasteiger partial charge in [0.05, 0.1) is 0 Å². The number of benzene rings is 2. The van der Waals surface area contributed by atoms with Gasteiger partial charge in [-0.05, 0) is 60.1 Å². The maximum atomic E-state index is 13.0. The van der Waals surface area contributed by atoms with E-state index >= 15 is 0 Å². The van der Waals surface area contributed by atoms with E-state index in [1.54, 1.807) is 10.6 Å². The molecule has 31 heavy (non-hydrogen) atoms. The minimum absolute atomic E-state index is 0.0286. The molecular formula is C25H24N2O4. The zero-order chi connectivity index (χ0) is 21.2. The average molecular weight is 416 g/mol. The van der Waals surface area contributed by atoms with Gasteiger partial charge in [-0.3, -0.25) is 9.59 Å². The van der Waals surface area contributed by atoms with Gasteiger partial charge in [0, 0.05) is 18.3 Å². The Kier molecular flexibility index (Phi) is 5.20. The summed E-state index contributed by atoms with van der Waals surface area (Å²) in [4.78, 5) is 25.7. The van der Waals surface area contributed by atoms with Crippen molar-refractivity contribution < 1.29 is 14.3 Å². The molecule has 6 nitrogen and oxygen atoms in total. The van der Waals surface area contributed by atoms with Gasteiger partial charge in [-0.15, -0.1) is 0 Å².